The van der Waals surface area contributed by atoms with Crippen LogP contribution in [0.1, 0.15) is 16.1 Å². The molecule has 6 nitrogen and oxygen atoms in total. The predicted octanol–water partition coefficient (Wildman–Crippen LogP) is 2.94. The summed E-state index contributed by atoms with van der Waals surface area (Å²) in [5, 5.41) is 7.75. The Morgan fingerprint density at radius 3 is 2.44 bits per heavy atom. The molecule has 140 valence electrons. The number of fused-ring (bicyclic) bond motifs is 1. The fourth-order valence-corrected chi connectivity index (χ4v) is 3.16. The number of anilines is 1. The zero-order valence-corrected chi connectivity index (χ0v) is 14.2. The topological polar surface area (TPSA) is 65.1 Å². The molecule has 0 radical (unpaired) electrons. The number of aromatic nitrogens is 3. The summed E-state index contributed by atoms with van der Waals surface area (Å²) in [4.78, 5) is 20.2. The van der Waals surface area contributed by atoms with E-state index in [1.807, 2.05) is 29.2 Å². The zero-order valence-electron chi connectivity index (χ0n) is 14.2. The van der Waals surface area contributed by atoms with Crippen molar-refractivity contribution < 1.29 is 18.0 Å². The van der Waals surface area contributed by atoms with Gasteiger partial charge in [-0.2, -0.15) is 18.3 Å². The summed E-state index contributed by atoms with van der Waals surface area (Å²) >= 11 is 0. The summed E-state index contributed by atoms with van der Waals surface area (Å²) in [5.74, 6) is 0.313. The average Bonchev–Trinajstić information content (AvgIpc) is 3.11. The van der Waals surface area contributed by atoms with E-state index in [9.17, 15) is 18.0 Å². The molecule has 3 aromatic rings. The minimum Gasteiger partial charge on any atom is -0.353 e. The molecule has 9 heteroatoms. The first-order chi connectivity index (χ1) is 12.9. The van der Waals surface area contributed by atoms with Crippen molar-refractivity contribution in [3.63, 3.8) is 0 Å². The quantitative estimate of drug-likeness (QED) is 0.748. The van der Waals surface area contributed by atoms with Gasteiger partial charge >= 0.3 is 6.18 Å². The standard InChI is InChI=1S/C18H16F3N5O/c19-18(20,21)12-5-6-15(22-11-12)25-7-9-26(10-8-25)17(27)16-13-3-1-2-4-14(13)23-24-16/h1-6,11H,7-10H2,(H,23,24). The van der Waals surface area contributed by atoms with Crippen molar-refractivity contribution in [1.82, 2.24) is 20.1 Å². The molecule has 1 aliphatic rings. The van der Waals surface area contributed by atoms with Crippen molar-refractivity contribution >= 4 is 22.6 Å². The molecule has 1 N–H and O–H groups in total. The van der Waals surface area contributed by atoms with Crippen LogP contribution in [0.25, 0.3) is 10.9 Å². The molecule has 1 aliphatic heterocycles. The third-order valence-electron chi connectivity index (χ3n) is 4.64. The van der Waals surface area contributed by atoms with Crippen LogP contribution in [-0.2, 0) is 6.18 Å². The van der Waals surface area contributed by atoms with E-state index in [1.54, 1.807) is 4.90 Å². The lowest BCUT2D eigenvalue weighted by molar-refractivity contribution is -0.137. The number of alkyl halides is 3. The van der Waals surface area contributed by atoms with Crippen molar-refractivity contribution in [2.24, 2.45) is 0 Å². The van der Waals surface area contributed by atoms with Gasteiger partial charge in [0, 0.05) is 37.8 Å². The minimum atomic E-state index is -4.40. The maximum Gasteiger partial charge on any atom is 0.417 e. The number of nitrogens with zero attached hydrogens (tertiary/aromatic N) is 4. The van der Waals surface area contributed by atoms with Crippen LogP contribution in [0.4, 0.5) is 19.0 Å². The number of hydrogen-bond acceptors (Lipinski definition) is 4. The molecule has 0 bridgehead atoms. The molecule has 4 rings (SSSR count). The van der Waals surface area contributed by atoms with Crippen LogP contribution in [-0.4, -0.2) is 52.2 Å². The van der Waals surface area contributed by atoms with Gasteiger partial charge in [-0.1, -0.05) is 18.2 Å². The van der Waals surface area contributed by atoms with Crippen molar-refractivity contribution in [3.8, 4) is 0 Å². The second kappa shape index (κ2) is 6.57. The number of hydrogen-bond donors (Lipinski definition) is 1. The lowest BCUT2D eigenvalue weighted by Crippen LogP contribution is -2.49. The van der Waals surface area contributed by atoms with E-state index in [4.69, 9.17) is 0 Å². The van der Waals surface area contributed by atoms with Gasteiger partial charge in [0.15, 0.2) is 5.69 Å². The first-order valence-electron chi connectivity index (χ1n) is 8.44. The van der Waals surface area contributed by atoms with E-state index in [2.05, 4.69) is 15.2 Å². The largest absolute Gasteiger partial charge is 0.417 e. The number of pyridine rings is 1. The van der Waals surface area contributed by atoms with Crippen LogP contribution >= 0.6 is 0 Å². The maximum atomic E-state index is 12.8. The Morgan fingerprint density at radius 1 is 1.04 bits per heavy atom. The summed E-state index contributed by atoms with van der Waals surface area (Å²) < 4.78 is 37.9. The fraction of sp³-hybridized carbons (Fsp3) is 0.278. The second-order valence-corrected chi connectivity index (χ2v) is 6.30. The number of carbonyl (C=O) groups is 1. The molecular weight excluding hydrogens is 359 g/mol. The van der Waals surface area contributed by atoms with E-state index in [1.165, 1.54) is 6.07 Å². The minimum absolute atomic E-state index is 0.160. The third kappa shape index (κ3) is 3.32. The van der Waals surface area contributed by atoms with Gasteiger partial charge in [-0.25, -0.2) is 4.98 Å². The Morgan fingerprint density at radius 2 is 1.78 bits per heavy atom. The van der Waals surface area contributed by atoms with Gasteiger partial charge < -0.3 is 9.80 Å². The number of benzene rings is 1. The Labute approximate surface area is 152 Å². The molecule has 0 saturated carbocycles. The summed E-state index contributed by atoms with van der Waals surface area (Å²) in [6.45, 7) is 1.88. The number of nitrogens with one attached hydrogen (secondary N) is 1. The highest BCUT2D eigenvalue weighted by atomic mass is 19.4. The lowest BCUT2D eigenvalue weighted by atomic mass is 10.2. The molecule has 0 unspecified atom stereocenters. The number of aromatic amines is 1. The number of halogens is 3. The smallest absolute Gasteiger partial charge is 0.353 e. The highest BCUT2D eigenvalue weighted by Crippen LogP contribution is 2.29. The number of H-pyrrole nitrogens is 1. The van der Waals surface area contributed by atoms with Gasteiger partial charge in [0.1, 0.15) is 5.82 Å². The molecule has 27 heavy (non-hydrogen) atoms. The summed E-state index contributed by atoms with van der Waals surface area (Å²) in [7, 11) is 0. The normalized spacial score (nSPS) is 15.4. The zero-order chi connectivity index (χ0) is 19.0. The Bertz CT molecular complexity index is 959. The van der Waals surface area contributed by atoms with Crippen LogP contribution in [0, 0.1) is 0 Å². The van der Waals surface area contributed by atoms with Gasteiger partial charge in [-0.3, -0.25) is 9.89 Å². The van der Waals surface area contributed by atoms with Crippen LogP contribution < -0.4 is 4.90 Å². The average molecular weight is 375 g/mol. The number of para-hydroxylation sites is 1. The molecule has 1 amide bonds. The summed E-state index contributed by atoms with van der Waals surface area (Å²) in [6.07, 6.45) is -3.56. The van der Waals surface area contributed by atoms with Crippen molar-refractivity contribution in [1.29, 1.82) is 0 Å². The van der Waals surface area contributed by atoms with Gasteiger partial charge in [-0.15, -0.1) is 0 Å². The van der Waals surface area contributed by atoms with Crippen molar-refractivity contribution in [3.05, 3.63) is 53.9 Å². The van der Waals surface area contributed by atoms with E-state index in [0.29, 0.717) is 37.7 Å². The predicted molar refractivity (Wildman–Crippen MR) is 93.4 cm³/mol. The molecule has 0 atom stereocenters. The number of piperazine rings is 1. The monoisotopic (exact) mass is 375 g/mol. The van der Waals surface area contributed by atoms with E-state index >= 15 is 0 Å². The van der Waals surface area contributed by atoms with Gasteiger partial charge in [0.25, 0.3) is 5.91 Å². The molecule has 2 aromatic heterocycles. The molecule has 1 fully saturated rings. The SMILES string of the molecule is O=C(c1n[nH]c2ccccc12)N1CCN(c2ccc(C(F)(F)F)cn2)CC1. The molecular formula is C18H16F3N5O. The van der Waals surface area contributed by atoms with E-state index in [0.717, 1.165) is 23.2 Å². The summed E-state index contributed by atoms with van der Waals surface area (Å²) in [6, 6.07) is 9.80. The number of carbonyl (C=O) groups excluding carboxylic acids is 1. The highest BCUT2D eigenvalue weighted by Gasteiger charge is 2.31. The van der Waals surface area contributed by atoms with Gasteiger partial charge in [0.05, 0.1) is 11.1 Å². The van der Waals surface area contributed by atoms with Crippen molar-refractivity contribution in [2.75, 3.05) is 31.1 Å². The Kier molecular flexibility index (Phi) is 4.21. The van der Waals surface area contributed by atoms with E-state index in [-0.39, 0.29) is 5.91 Å². The van der Waals surface area contributed by atoms with E-state index < -0.39 is 11.7 Å². The second-order valence-electron chi connectivity index (χ2n) is 6.30. The Hall–Kier alpha value is -3.10. The molecule has 1 saturated heterocycles. The summed E-state index contributed by atoms with van der Waals surface area (Å²) in [5.41, 5.74) is 0.408. The fourth-order valence-electron chi connectivity index (χ4n) is 3.16. The third-order valence-corrected chi connectivity index (χ3v) is 4.64. The van der Waals surface area contributed by atoms with Crippen LogP contribution in [0.15, 0.2) is 42.6 Å². The van der Waals surface area contributed by atoms with Gasteiger partial charge in [0.2, 0.25) is 0 Å². The Balaban J connectivity index is 1.43. The van der Waals surface area contributed by atoms with Crippen LogP contribution in [0.5, 0.6) is 0 Å². The van der Waals surface area contributed by atoms with Crippen molar-refractivity contribution in [2.45, 2.75) is 6.18 Å². The molecule has 1 aromatic carbocycles. The molecule has 0 spiro atoms. The maximum absolute atomic E-state index is 12.8. The van der Waals surface area contributed by atoms with Gasteiger partial charge in [-0.05, 0) is 18.2 Å². The lowest BCUT2D eigenvalue weighted by Gasteiger charge is -2.35. The number of rotatable bonds is 2. The highest BCUT2D eigenvalue weighted by molar-refractivity contribution is 6.04. The van der Waals surface area contributed by atoms with Crippen LogP contribution in [0.3, 0.4) is 0 Å². The first kappa shape index (κ1) is 17.3. The molecule has 3 heterocycles. The molecule has 0 aliphatic carbocycles. The van der Waals surface area contributed by atoms with Crippen LogP contribution in [0.2, 0.25) is 0 Å². The first-order valence-corrected chi connectivity index (χ1v) is 8.44. The number of amides is 1.